The smallest absolute Gasteiger partial charge is 0.340 e. The van der Waals surface area contributed by atoms with Crippen molar-refractivity contribution in [1.82, 2.24) is 0 Å². The molecule has 8 nitrogen and oxygen atoms in total. The third kappa shape index (κ3) is 5.64. The van der Waals surface area contributed by atoms with Gasteiger partial charge in [0, 0.05) is 23.4 Å². The van der Waals surface area contributed by atoms with Crippen LogP contribution in [0.3, 0.4) is 0 Å². The van der Waals surface area contributed by atoms with Crippen LogP contribution < -0.4 is 15.8 Å². The molecule has 4 atom stereocenters. The Morgan fingerprint density at radius 1 is 0.837 bits per heavy atom. The number of ether oxygens (including phenoxy) is 3. The molecule has 0 bridgehead atoms. The molecule has 8 heteroatoms. The number of ketones is 2. The largest absolute Gasteiger partial charge is 0.494 e. The van der Waals surface area contributed by atoms with Crippen LogP contribution in [0.5, 0.6) is 5.75 Å². The van der Waals surface area contributed by atoms with Gasteiger partial charge in [-0.3, -0.25) is 9.59 Å². The third-order valence-electron chi connectivity index (χ3n) is 9.10. The lowest BCUT2D eigenvalue weighted by Crippen LogP contribution is -2.37. The molecule has 0 spiro atoms. The Labute approximate surface area is 251 Å². The predicted octanol–water partition coefficient (Wildman–Crippen LogP) is 6.72. The fourth-order valence-corrected chi connectivity index (χ4v) is 7.05. The van der Waals surface area contributed by atoms with Gasteiger partial charge in [0.05, 0.1) is 40.8 Å². The van der Waals surface area contributed by atoms with Crippen LogP contribution in [0.25, 0.3) is 0 Å². The molecule has 3 N–H and O–H groups in total. The summed E-state index contributed by atoms with van der Waals surface area (Å²) in [5, 5.41) is 3.26. The van der Waals surface area contributed by atoms with E-state index in [9.17, 15) is 14.4 Å². The molecule has 6 rings (SSSR count). The van der Waals surface area contributed by atoms with Crippen LogP contribution in [0.1, 0.15) is 94.6 Å². The van der Waals surface area contributed by atoms with Gasteiger partial charge in [-0.05, 0) is 94.5 Å². The Kier molecular flexibility index (Phi) is 8.21. The molecule has 3 aliphatic carbocycles. The van der Waals surface area contributed by atoms with Crippen LogP contribution in [0.15, 0.2) is 54.6 Å². The van der Waals surface area contributed by atoms with Gasteiger partial charge in [0.1, 0.15) is 11.9 Å². The molecular formula is C35H38N2O6. The zero-order valence-electron chi connectivity index (χ0n) is 24.7. The van der Waals surface area contributed by atoms with Crippen molar-refractivity contribution in [2.45, 2.75) is 64.6 Å². The predicted molar refractivity (Wildman–Crippen MR) is 164 cm³/mol. The van der Waals surface area contributed by atoms with Crippen LogP contribution in [0.4, 0.5) is 17.1 Å². The van der Waals surface area contributed by atoms with Crippen molar-refractivity contribution in [2.75, 3.05) is 24.3 Å². The topological polar surface area (TPSA) is 117 Å². The van der Waals surface area contributed by atoms with E-state index in [1.165, 1.54) is 0 Å². The van der Waals surface area contributed by atoms with E-state index in [-0.39, 0.29) is 39.8 Å². The number of anilines is 3. The lowest BCUT2D eigenvalue weighted by molar-refractivity contribution is -0.0371. The van der Waals surface area contributed by atoms with Crippen LogP contribution in [-0.4, -0.2) is 43.0 Å². The number of nitrogen functional groups attached to an aromatic ring is 1. The highest BCUT2D eigenvalue weighted by atomic mass is 16.5. The molecule has 3 aliphatic rings. The van der Waals surface area contributed by atoms with Gasteiger partial charge >= 0.3 is 5.97 Å². The summed E-state index contributed by atoms with van der Waals surface area (Å²) in [6.07, 6.45) is 5.83. The number of carbonyl (C=O) groups excluding carboxylic acids is 3. The fraction of sp³-hybridized carbons (Fsp3) is 0.400. The van der Waals surface area contributed by atoms with Crippen LogP contribution in [-0.2, 0) is 9.47 Å². The first kappa shape index (κ1) is 28.9. The number of carbonyl (C=O) groups is 3. The maximum absolute atomic E-state index is 13.8. The normalized spacial score (nSPS) is 22.7. The zero-order valence-corrected chi connectivity index (χ0v) is 24.7. The molecule has 4 unspecified atom stereocenters. The van der Waals surface area contributed by atoms with Gasteiger partial charge in [-0.1, -0.05) is 24.3 Å². The van der Waals surface area contributed by atoms with Crippen molar-refractivity contribution >= 4 is 34.6 Å². The summed E-state index contributed by atoms with van der Waals surface area (Å²) in [4.78, 5) is 41.2. The van der Waals surface area contributed by atoms with E-state index in [4.69, 9.17) is 19.9 Å². The second-order valence-corrected chi connectivity index (χ2v) is 11.7. The van der Waals surface area contributed by atoms with Gasteiger partial charge in [0.15, 0.2) is 11.6 Å². The second-order valence-electron chi connectivity index (χ2n) is 11.7. The maximum atomic E-state index is 13.8. The standard InChI is InChI=1S/C35H38N2O6/c1-3-41-23-15-11-22(12-16-23)37-29-19-28(32(36)31-30(29)33(38)26-7-5-6-8-27(26)34(31)39)35(40)43-25-14-10-20-17-24(42-4-2)13-9-21(20)18-25/h5-8,11-12,15-16,19-21,24-25,37H,3-4,9-10,13-14,17-18,36H2,1-2H3. The highest BCUT2D eigenvalue weighted by molar-refractivity contribution is 6.32. The zero-order chi connectivity index (χ0) is 30.1. The number of esters is 1. The Hall–Kier alpha value is -4.17. The van der Waals surface area contributed by atoms with Gasteiger partial charge in [-0.2, -0.15) is 0 Å². The summed E-state index contributed by atoms with van der Waals surface area (Å²) < 4.78 is 17.5. The Balaban J connectivity index is 1.31. The number of hydrogen-bond acceptors (Lipinski definition) is 8. The van der Waals surface area contributed by atoms with Gasteiger partial charge in [-0.15, -0.1) is 0 Å². The molecule has 0 saturated heterocycles. The molecule has 0 aromatic heterocycles. The third-order valence-corrected chi connectivity index (χ3v) is 9.10. The van der Waals surface area contributed by atoms with Gasteiger partial charge in [-0.25, -0.2) is 4.79 Å². The lowest BCUT2D eigenvalue weighted by Gasteiger charge is -2.41. The summed E-state index contributed by atoms with van der Waals surface area (Å²) in [5.74, 6) is 0.489. The summed E-state index contributed by atoms with van der Waals surface area (Å²) in [6, 6.07) is 15.5. The summed E-state index contributed by atoms with van der Waals surface area (Å²) in [7, 11) is 0. The Bertz CT molecular complexity index is 1550. The second kappa shape index (κ2) is 12.2. The molecule has 3 aromatic rings. The maximum Gasteiger partial charge on any atom is 0.340 e. The summed E-state index contributed by atoms with van der Waals surface area (Å²) in [6.45, 7) is 5.22. The summed E-state index contributed by atoms with van der Waals surface area (Å²) in [5.41, 5.74) is 8.34. The van der Waals surface area contributed by atoms with Crippen LogP contribution in [0, 0.1) is 11.8 Å². The van der Waals surface area contributed by atoms with E-state index < -0.39 is 11.8 Å². The molecule has 43 heavy (non-hydrogen) atoms. The SMILES string of the molecule is CCOc1ccc(Nc2cc(C(=O)OC3CCC4CC(OCC)CCC4C3)c(N)c3c2C(=O)c2ccccc2C3=O)cc1. The van der Waals surface area contributed by atoms with Crippen LogP contribution >= 0.6 is 0 Å². The monoisotopic (exact) mass is 582 g/mol. The molecule has 0 heterocycles. The van der Waals surface area contributed by atoms with E-state index in [0.29, 0.717) is 47.2 Å². The molecule has 224 valence electrons. The van der Waals surface area contributed by atoms with E-state index >= 15 is 0 Å². The highest BCUT2D eigenvalue weighted by Crippen LogP contribution is 2.43. The van der Waals surface area contributed by atoms with E-state index in [0.717, 1.165) is 45.1 Å². The molecule has 0 radical (unpaired) electrons. The highest BCUT2D eigenvalue weighted by Gasteiger charge is 2.39. The van der Waals surface area contributed by atoms with Gasteiger partial charge in [0.2, 0.25) is 0 Å². The molecule has 0 amide bonds. The molecular weight excluding hydrogens is 544 g/mol. The van der Waals surface area contributed by atoms with Crippen molar-refractivity contribution in [3.8, 4) is 5.75 Å². The van der Waals surface area contributed by atoms with Gasteiger partial charge in [0.25, 0.3) is 0 Å². The van der Waals surface area contributed by atoms with Crippen molar-refractivity contribution < 1.29 is 28.6 Å². The molecule has 0 aliphatic heterocycles. The average Bonchev–Trinajstić information content (AvgIpc) is 3.01. The number of nitrogens with two attached hydrogens (primary N) is 1. The Morgan fingerprint density at radius 2 is 1.47 bits per heavy atom. The van der Waals surface area contributed by atoms with Crippen LogP contribution in [0.2, 0.25) is 0 Å². The van der Waals surface area contributed by atoms with E-state index in [2.05, 4.69) is 5.32 Å². The quantitative estimate of drug-likeness (QED) is 0.174. The number of nitrogens with one attached hydrogen (secondary N) is 1. The molecule has 2 fully saturated rings. The lowest BCUT2D eigenvalue weighted by atomic mass is 9.69. The first-order valence-electron chi connectivity index (χ1n) is 15.3. The van der Waals surface area contributed by atoms with Gasteiger partial charge < -0.3 is 25.3 Å². The first-order valence-corrected chi connectivity index (χ1v) is 15.3. The molecule has 3 aromatic carbocycles. The van der Waals surface area contributed by atoms with E-state index in [1.54, 1.807) is 30.3 Å². The van der Waals surface area contributed by atoms with E-state index in [1.807, 2.05) is 38.1 Å². The Morgan fingerprint density at radius 3 is 2.12 bits per heavy atom. The van der Waals surface area contributed by atoms with Crippen molar-refractivity contribution in [3.63, 3.8) is 0 Å². The average molecular weight is 583 g/mol. The van der Waals surface area contributed by atoms with Crippen molar-refractivity contribution in [2.24, 2.45) is 11.8 Å². The minimum absolute atomic E-state index is 0.0315. The number of benzene rings is 3. The first-order chi connectivity index (χ1) is 20.9. The minimum Gasteiger partial charge on any atom is -0.494 e. The summed E-state index contributed by atoms with van der Waals surface area (Å²) >= 11 is 0. The number of rotatable bonds is 8. The van der Waals surface area contributed by atoms with Crippen molar-refractivity contribution in [1.29, 1.82) is 0 Å². The van der Waals surface area contributed by atoms with Crippen molar-refractivity contribution in [3.05, 3.63) is 82.4 Å². The molecule has 2 saturated carbocycles. The number of hydrogen-bond donors (Lipinski definition) is 2. The fourth-order valence-electron chi connectivity index (χ4n) is 7.05. The number of fused-ring (bicyclic) bond motifs is 3. The minimum atomic E-state index is -0.583.